The number of carbonyl (C=O) groups excluding carboxylic acids is 2. The molecule has 0 aliphatic carbocycles. The van der Waals surface area contributed by atoms with Crippen LogP contribution in [0, 0.1) is 0 Å². The number of hydrogen-bond donors (Lipinski definition) is 2. The molecule has 0 spiro atoms. The molecule has 2 amide bonds. The summed E-state index contributed by atoms with van der Waals surface area (Å²) < 4.78 is 0. The third-order valence-corrected chi connectivity index (χ3v) is 3.14. The lowest BCUT2D eigenvalue weighted by atomic mass is 10.4. The maximum Gasteiger partial charge on any atom is 0.242 e. The van der Waals surface area contributed by atoms with Crippen LogP contribution in [0.4, 0.5) is 0 Å². The molecule has 3 N–H and O–H groups in total. The van der Waals surface area contributed by atoms with Crippen LogP contribution in [0.2, 0.25) is 0 Å². The van der Waals surface area contributed by atoms with Crippen molar-refractivity contribution in [3.63, 3.8) is 0 Å². The Balaban J connectivity index is 0.00000289. The average molecular weight is 292 g/mol. The van der Waals surface area contributed by atoms with Crippen molar-refractivity contribution in [1.82, 2.24) is 10.2 Å². The first-order chi connectivity index (χ1) is 8.17. The molecule has 5 nitrogen and oxygen atoms in total. The smallest absolute Gasteiger partial charge is 0.242 e. The topological polar surface area (TPSA) is 75.4 Å². The molecule has 1 aromatic rings. The van der Waals surface area contributed by atoms with Crippen molar-refractivity contribution in [3.05, 3.63) is 22.4 Å². The van der Waals surface area contributed by atoms with Crippen molar-refractivity contribution in [1.29, 1.82) is 0 Å². The van der Waals surface area contributed by atoms with Crippen molar-refractivity contribution in [2.75, 3.05) is 19.6 Å². The van der Waals surface area contributed by atoms with Crippen LogP contribution < -0.4 is 11.1 Å². The van der Waals surface area contributed by atoms with Gasteiger partial charge in [0.25, 0.3) is 0 Å². The highest BCUT2D eigenvalue weighted by molar-refractivity contribution is 7.09. The lowest BCUT2D eigenvalue weighted by Crippen LogP contribution is -2.41. The van der Waals surface area contributed by atoms with Crippen LogP contribution in [0.3, 0.4) is 0 Å². The van der Waals surface area contributed by atoms with E-state index in [1.807, 2.05) is 24.4 Å². The second kappa shape index (κ2) is 8.91. The summed E-state index contributed by atoms with van der Waals surface area (Å²) in [5.74, 6) is -0.409. The van der Waals surface area contributed by atoms with E-state index >= 15 is 0 Å². The predicted octanol–water partition coefficient (Wildman–Crippen LogP) is 0.593. The monoisotopic (exact) mass is 291 g/mol. The lowest BCUT2D eigenvalue weighted by molar-refractivity contribution is -0.132. The summed E-state index contributed by atoms with van der Waals surface area (Å²) in [6.45, 7) is 3.04. The van der Waals surface area contributed by atoms with Crippen LogP contribution in [0.15, 0.2) is 17.5 Å². The molecule has 0 radical (unpaired) electrons. The molecule has 1 heterocycles. The number of halogens is 1. The van der Waals surface area contributed by atoms with E-state index < -0.39 is 0 Å². The zero-order valence-electron chi connectivity index (χ0n) is 10.2. The van der Waals surface area contributed by atoms with E-state index in [9.17, 15) is 9.59 Å². The molecular formula is C11H18ClN3O2S. The van der Waals surface area contributed by atoms with Gasteiger partial charge in [0, 0.05) is 11.4 Å². The Morgan fingerprint density at radius 1 is 1.50 bits per heavy atom. The number of rotatable bonds is 6. The number of nitrogens with two attached hydrogens (primary N) is 1. The van der Waals surface area contributed by atoms with Crippen LogP contribution in [-0.2, 0) is 16.1 Å². The molecule has 0 atom stereocenters. The Hall–Kier alpha value is -1.11. The van der Waals surface area contributed by atoms with E-state index in [1.54, 1.807) is 16.2 Å². The van der Waals surface area contributed by atoms with Crippen molar-refractivity contribution in [2.24, 2.45) is 5.73 Å². The Morgan fingerprint density at radius 2 is 2.22 bits per heavy atom. The summed E-state index contributed by atoms with van der Waals surface area (Å²) >= 11 is 1.61. The van der Waals surface area contributed by atoms with E-state index in [1.165, 1.54) is 0 Å². The Labute approximate surface area is 117 Å². The van der Waals surface area contributed by atoms with Crippen molar-refractivity contribution in [2.45, 2.75) is 13.5 Å². The van der Waals surface area contributed by atoms with Gasteiger partial charge in [-0.3, -0.25) is 9.59 Å². The molecule has 102 valence electrons. The molecule has 7 heteroatoms. The highest BCUT2D eigenvalue weighted by Gasteiger charge is 2.13. The fourth-order valence-corrected chi connectivity index (χ4v) is 2.04. The summed E-state index contributed by atoms with van der Waals surface area (Å²) in [7, 11) is 0. The van der Waals surface area contributed by atoms with Gasteiger partial charge in [-0.15, -0.1) is 23.7 Å². The number of hydrogen-bond acceptors (Lipinski definition) is 4. The highest BCUT2D eigenvalue weighted by atomic mass is 35.5. The maximum absolute atomic E-state index is 11.8. The largest absolute Gasteiger partial charge is 0.346 e. The van der Waals surface area contributed by atoms with Gasteiger partial charge in [-0.25, -0.2) is 0 Å². The van der Waals surface area contributed by atoms with Gasteiger partial charge in [-0.1, -0.05) is 6.07 Å². The SMILES string of the molecule is CCN(Cc1cccs1)C(=O)CNC(=O)CN.Cl. The molecule has 0 unspecified atom stereocenters. The first-order valence-electron chi connectivity index (χ1n) is 5.44. The second-order valence-corrected chi connectivity index (χ2v) is 4.50. The van der Waals surface area contributed by atoms with Gasteiger partial charge in [-0.05, 0) is 18.4 Å². The lowest BCUT2D eigenvalue weighted by Gasteiger charge is -2.20. The Bertz CT molecular complexity index is 370. The van der Waals surface area contributed by atoms with Crippen molar-refractivity contribution in [3.8, 4) is 0 Å². The average Bonchev–Trinajstić information content (AvgIpc) is 2.85. The van der Waals surface area contributed by atoms with Crippen molar-refractivity contribution < 1.29 is 9.59 Å². The summed E-state index contributed by atoms with van der Waals surface area (Å²) in [5.41, 5.74) is 5.14. The molecular weight excluding hydrogens is 274 g/mol. The van der Waals surface area contributed by atoms with Gasteiger partial charge >= 0.3 is 0 Å². The van der Waals surface area contributed by atoms with Gasteiger partial charge < -0.3 is 16.0 Å². The van der Waals surface area contributed by atoms with Crippen molar-refractivity contribution >= 4 is 35.6 Å². The van der Waals surface area contributed by atoms with Gasteiger partial charge in [-0.2, -0.15) is 0 Å². The van der Waals surface area contributed by atoms with Gasteiger partial charge in [0.05, 0.1) is 19.6 Å². The molecule has 0 aliphatic rings. The number of amides is 2. The first kappa shape index (κ1) is 16.9. The molecule has 0 fully saturated rings. The fourth-order valence-electron chi connectivity index (χ4n) is 1.33. The highest BCUT2D eigenvalue weighted by Crippen LogP contribution is 2.11. The minimum absolute atomic E-state index is 0. The summed E-state index contributed by atoms with van der Waals surface area (Å²) in [5, 5.41) is 4.45. The second-order valence-electron chi connectivity index (χ2n) is 3.47. The number of nitrogens with one attached hydrogen (secondary N) is 1. The normalized spacial score (nSPS) is 9.44. The summed E-state index contributed by atoms with van der Waals surface area (Å²) in [6, 6.07) is 3.94. The van der Waals surface area contributed by atoms with Gasteiger partial charge in [0.2, 0.25) is 11.8 Å². The van der Waals surface area contributed by atoms with E-state index in [0.717, 1.165) is 4.88 Å². The number of thiophene rings is 1. The molecule has 0 saturated carbocycles. The molecule has 0 bridgehead atoms. The third-order valence-electron chi connectivity index (χ3n) is 2.28. The van der Waals surface area contributed by atoms with E-state index in [4.69, 9.17) is 5.73 Å². The Kier molecular flexibility index (Phi) is 8.36. The van der Waals surface area contributed by atoms with Gasteiger partial charge in [0.15, 0.2) is 0 Å². The zero-order chi connectivity index (χ0) is 12.7. The Morgan fingerprint density at radius 3 is 2.72 bits per heavy atom. The van der Waals surface area contributed by atoms with E-state index in [2.05, 4.69) is 5.32 Å². The van der Waals surface area contributed by atoms with Gasteiger partial charge in [0.1, 0.15) is 0 Å². The predicted molar refractivity (Wildman–Crippen MR) is 74.7 cm³/mol. The van der Waals surface area contributed by atoms with E-state index in [-0.39, 0.29) is 37.3 Å². The standard InChI is InChI=1S/C11H17N3O2S.ClH/c1-2-14(8-9-4-3-5-17-9)11(16)7-13-10(15)6-12;/h3-5H,2,6-8,12H2,1H3,(H,13,15);1H. The molecule has 0 aliphatic heterocycles. The molecule has 0 saturated heterocycles. The van der Waals surface area contributed by atoms with Crippen LogP contribution >= 0.6 is 23.7 Å². The molecule has 18 heavy (non-hydrogen) atoms. The molecule has 1 rings (SSSR count). The fraction of sp³-hybridized carbons (Fsp3) is 0.455. The first-order valence-corrected chi connectivity index (χ1v) is 6.32. The maximum atomic E-state index is 11.8. The van der Waals surface area contributed by atoms with Crippen LogP contribution in [0.5, 0.6) is 0 Å². The number of nitrogens with zero attached hydrogens (tertiary/aromatic N) is 1. The minimum Gasteiger partial charge on any atom is -0.346 e. The number of carbonyl (C=O) groups is 2. The molecule has 1 aromatic heterocycles. The minimum atomic E-state index is -0.314. The van der Waals surface area contributed by atoms with Crippen LogP contribution in [-0.4, -0.2) is 36.3 Å². The van der Waals surface area contributed by atoms with Crippen LogP contribution in [0.1, 0.15) is 11.8 Å². The number of likely N-dealkylation sites (N-methyl/N-ethyl adjacent to an activating group) is 1. The third kappa shape index (κ3) is 5.48. The summed E-state index contributed by atoms with van der Waals surface area (Å²) in [6.07, 6.45) is 0. The quantitative estimate of drug-likeness (QED) is 0.806. The van der Waals surface area contributed by atoms with Crippen LogP contribution in [0.25, 0.3) is 0 Å². The zero-order valence-corrected chi connectivity index (χ0v) is 11.9. The van der Waals surface area contributed by atoms with E-state index in [0.29, 0.717) is 13.1 Å². The summed E-state index contributed by atoms with van der Waals surface area (Å²) in [4.78, 5) is 25.6. The molecule has 0 aromatic carbocycles.